The van der Waals surface area contributed by atoms with Gasteiger partial charge in [0.15, 0.2) is 0 Å². The van der Waals surface area contributed by atoms with Crippen LogP contribution in [0.1, 0.15) is 21.5 Å². The van der Waals surface area contributed by atoms with Crippen molar-refractivity contribution in [3.05, 3.63) is 77.9 Å². The van der Waals surface area contributed by atoms with Gasteiger partial charge in [-0.05, 0) is 36.4 Å². The van der Waals surface area contributed by atoms with Crippen molar-refractivity contribution >= 4 is 12.1 Å². The molecule has 0 spiro atoms. The number of nitrogens with zero attached hydrogens (tertiary/aromatic N) is 2. The Labute approximate surface area is 134 Å². The lowest BCUT2D eigenvalue weighted by molar-refractivity contribution is 0.0955. The van der Waals surface area contributed by atoms with Gasteiger partial charge in [0.1, 0.15) is 12.4 Å². The smallest absolute Gasteiger partial charge is 0.271 e. The topological polar surface area (TPSA) is 74.5 Å². The molecule has 0 fully saturated rings. The monoisotopic (exact) mass is 305 g/mol. The van der Waals surface area contributed by atoms with Gasteiger partial charge in [0.05, 0.1) is 17.8 Å². The summed E-state index contributed by atoms with van der Waals surface area (Å²) in [5.41, 5.74) is 4.11. The lowest BCUT2D eigenvalue weighted by Crippen LogP contribution is -2.17. The fourth-order valence-corrected chi connectivity index (χ4v) is 1.79. The lowest BCUT2D eigenvalue weighted by Gasteiger charge is -2.06. The Morgan fingerprint density at radius 3 is 2.70 bits per heavy atom. The van der Waals surface area contributed by atoms with Crippen LogP contribution in [0.25, 0.3) is 0 Å². The SMILES string of the molecule is C=CCOc1ccccc1/C=N\NC(=O)c1ccc(C#N)cc1. The first-order valence-electron chi connectivity index (χ1n) is 6.91. The van der Waals surface area contributed by atoms with Crippen LogP contribution in [0.4, 0.5) is 0 Å². The van der Waals surface area contributed by atoms with Crippen LogP contribution in [0.15, 0.2) is 66.3 Å². The summed E-state index contributed by atoms with van der Waals surface area (Å²) in [5.74, 6) is 0.305. The van der Waals surface area contributed by atoms with Gasteiger partial charge >= 0.3 is 0 Å². The zero-order valence-corrected chi connectivity index (χ0v) is 12.4. The molecule has 2 aromatic carbocycles. The molecule has 0 atom stereocenters. The number of para-hydroxylation sites is 1. The van der Waals surface area contributed by atoms with Crippen LogP contribution >= 0.6 is 0 Å². The summed E-state index contributed by atoms with van der Waals surface area (Å²) in [6.45, 7) is 3.99. The second-order valence-electron chi connectivity index (χ2n) is 4.53. The zero-order chi connectivity index (χ0) is 16.5. The van der Waals surface area contributed by atoms with Crippen molar-refractivity contribution in [1.82, 2.24) is 5.43 Å². The van der Waals surface area contributed by atoms with E-state index >= 15 is 0 Å². The van der Waals surface area contributed by atoms with E-state index in [0.29, 0.717) is 23.5 Å². The minimum Gasteiger partial charge on any atom is -0.489 e. The molecule has 5 heteroatoms. The Hall–Kier alpha value is -3.39. The Morgan fingerprint density at radius 1 is 1.26 bits per heavy atom. The molecule has 23 heavy (non-hydrogen) atoms. The molecular weight excluding hydrogens is 290 g/mol. The van der Waals surface area contributed by atoms with E-state index in [9.17, 15) is 4.79 Å². The van der Waals surface area contributed by atoms with Gasteiger partial charge in [-0.25, -0.2) is 5.43 Å². The lowest BCUT2D eigenvalue weighted by atomic mass is 10.1. The average Bonchev–Trinajstić information content (AvgIpc) is 2.61. The van der Waals surface area contributed by atoms with Gasteiger partial charge in [0.2, 0.25) is 0 Å². The number of hydrogen-bond donors (Lipinski definition) is 1. The van der Waals surface area contributed by atoms with Crippen LogP contribution in [0.3, 0.4) is 0 Å². The van der Waals surface area contributed by atoms with Gasteiger partial charge in [-0.3, -0.25) is 4.79 Å². The van der Waals surface area contributed by atoms with E-state index in [-0.39, 0.29) is 5.91 Å². The van der Waals surface area contributed by atoms with Crippen molar-refractivity contribution in [2.45, 2.75) is 0 Å². The maximum atomic E-state index is 11.9. The third-order valence-electron chi connectivity index (χ3n) is 2.92. The molecule has 114 valence electrons. The van der Waals surface area contributed by atoms with Crippen LogP contribution in [0, 0.1) is 11.3 Å². The Balaban J connectivity index is 2.02. The van der Waals surface area contributed by atoms with Crippen LogP contribution in [-0.2, 0) is 0 Å². The Kier molecular flexibility index (Phi) is 5.67. The summed E-state index contributed by atoms with van der Waals surface area (Å²) in [6, 6.07) is 15.7. The number of rotatable bonds is 6. The van der Waals surface area contributed by atoms with Crippen LogP contribution < -0.4 is 10.2 Å². The largest absolute Gasteiger partial charge is 0.489 e. The minimum atomic E-state index is -0.352. The summed E-state index contributed by atoms with van der Waals surface area (Å²) in [7, 11) is 0. The second-order valence-corrected chi connectivity index (χ2v) is 4.53. The molecule has 0 aromatic heterocycles. The van der Waals surface area contributed by atoms with E-state index in [0.717, 1.165) is 5.56 Å². The molecule has 0 aliphatic carbocycles. The molecule has 0 aliphatic rings. The number of nitrogens with one attached hydrogen (secondary N) is 1. The molecule has 0 saturated heterocycles. The molecule has 2 rings (SSSR count). The minimum absolute atomic E-state index is 0.352. The molecule has 1 N–H and O–H groups in total. The fraction of sp³-hybridized carbons (Fsp3) is 0.0556. The molecule has 0 bridgehead atoms. The first kappa shape index (κ1) is 16.0. The fourth-order valence-electron chi connectivity index (χ4n) is 1.79. The maximum Gasteiger partial charge on any atom is 0.271 e. The third kappa shape index (κ3) is 4.55. The van der Waals surface area contributed by atoms with Crippen LogP contribution in [0.5, 0.6) is 5.75 Å². The highest BCUT2D eigenvalue weighted by Crippen LogP contribution is 2.15. The summed E-state index contributed by atoms with van der Waals surface area (Å²) in [6.07, 6.45) is 3.17. The molecule has 0 heterocycles. The first-order valence-corrected chi connectivity index (χ1v) is 6.91. The predicted molar refractivity (Wildman–Crippen MR) is 88.4 cm³/mol. The molecule has 1 amide bonds. The van der Waals surface area contributed by atoms with E-state index in [4.69, 9.17) is 10.00 Å². The van der Waals surface area contributed by atoms with Gasteiger partial charge < -0.3 is 4.74 Å². The van der Waals surface area contributed by atoms with Gasteiger partial charge in [-0.1, -0.05) is 24.8 Å². The van der Waals surface area contributed by atoms with Gasteiger partial charge in [0.25, 0.3) is 5.91 Å². The Bertz CT molecular complexity index is 759. The summed E-state index contributed by atoms with van der Waals surface area (Å²) in [4.78, 5) is 11.9. The normalized spacial score (nSPS) is 10.0. The second kappa shape index (κ2) is 8.15. The molecule has 0 radical (unpaired) electrons. The summed E-state index contributed by atoms with van der Waals surface area (Å²) < 4.78 is 5.50. The maximum absolute atomic E-state index is 11.9. The third-order valence-corrected chi connectivity index (χ3v) is 2.92. The molecule has 5 nitrogen and oxygen atoms in total. The number of carbonyl (C=O) groups excluding carboxylic acids is 1. The number of amides is 1. The zero-order valence-electron chi connectivity index (χ0n) is 12.4. The van der Waals surface area contributed by atoms with Crippen molar-refractivity contribution in [3.8, 4) is 11.8 Å². The molecule has 0 aliphatic heterocycles. The molecule has 2 aromatic rings. The number of carbonyl (C=O) groups is 1. The van der Waals surface area contributed by atoms with Crippen molar-refractivity contribution in [2.75, 3.05) is 6.61 Å². The summed E-state index contributed by atoms with van der Waals surface area (Å²) in [5, 5.41) is 12.7. The number of ether oxygens (including phenoxy) is 1. The van der Waals surface area contributed by atoms with Crippen molar-refractivity contribution in [1.29, 1.82) is 5.26 Å². The van der Waals surface area contributed by atoms with E-state index in [1.807, 2.05) is 30.3 Å². The Morgan fingerprint density at radius 2 is 2.00 bits per heavy atom. The van der Waals surface area contributed by atoms with Gasteiger partial charge in [-0.2, -0.15) is 10.4 Å². The van der Waals surface area contributed by atoms with Crippen molar-refractivity contribution < 1.29 is 9.53 Å². The highest BCUT2D eigenvalue weighted by Gasteiger charge is 2.04. The van der Waals surface area contributed by atoms with Crippen LogP contribution in [0.2, 0.25) is 0 Å². The van der Waals surface area contributed by atoms with E-state index in [2.05, 4.69) is 17.1 Å². The first-order chi connectivity index (χ1) is 11.2. The molecule has 0 saturated carbocycles. The predicted octanol–water partition coefficient (Wildman–Crippen LogP) is 2.89. The van der Waals surface area contributed by atoms with Crippen molar-refractivity contribution in [3.63, 3.8) is 0 Å². The van der Waals surface area contributed by atoms with E-state index in [1.165, 1.54) is 6.21 Å². The quantitative estimate of drug-likeness (QED) is 0.506. The van der Waals surface area contributed by atoms with Gasteiger partial charge in [0, 0.05) is 11.1 Å². The number of benzene rings is 2. The van der Waals surface area contributed by atoms with E-state index < -0.39 is 0 Å². The van der Waals surface area contributed by atoms with E-state index in [1.54, 1.807) is 30.3 Å². The number of hydrazone groups is 1. The number of hydrogen-bond acceptors (Lipinski definition) is 4. The van der Waals surface area contributed by atoms with Crippen molar-refractivity contribution in [2.24, 2.45) is 5.10 Å². The van der Waals surface area contributed by atoms with Gasteiger partial charge in [-0.15, -0.1) is 0 Å². The van der Waals surface area contributed by atoms with Crippen LogP contribution in [-0.4, -0.2) is 18.7 Å². The standard InChI is InChI=1S/C18H15N3O2/c1-2-11-23-17-6-4-3-5-16(17)13-20-21-18(22)15-9-7-14(12-19)8-10-15/h2-10,13H,1,11H2,(H,21,22)/b20-13-. The highest BCUT2D eigenvalue weighted by molar-refractivity contribution is 5.95. The highest BCUT2D eigenvalue weighted by atomic mass is 16.5. The molecular formula is C18H15N3O2. The average molecular weight is 305 g/mol. The summed E-state index contributed by atoms with van der Waals surface area (Å²) >= 11 is 0. The molecule has 0 unspecified atom stereocenters. The number of nitriles is 1.